The van der Waals surface area contributed by atoms with E-state index in [0.29, 0.717) is 0 Å². The fourth-order valence-electron chi connectivity index (χ4n) is 3.44. The van der Waals surface area contributed by atoms with Crippen LogP contribution >= 0.6 is 0 Å². The molecule has 1 aromatic rings. The summed E-state index contributed by atoms with van der Waals surface area (Å²) in [6, 6.07) is 6.34. The maximum Gasteiger partial charge on any atom is 0.273 e. The van der Waals surface area contributed by atoms with Gasteiger partial charge in [0.25, 0.3) is 5.91 Å². The van der Waals surface area contributed by atoms with Crippen molar-refractivity contribution in [3.8, 4) is 0 Å². The molecule has 0 bridgehead atoms. The second kappa shape index (κ2) is 8.29. The molecule has 0 radical (unpaired) electrons. The summed E-state index contributed by atoms with van der Waals surface area (Å²) >= 11 is -1.21. The maximum atomic E-state index is 13.2. The predicted octanol–water partition coefficient (Wildman–Crippen LogP) is 0.799. The van der Waals surface area contributed by atoms with Gasteiger partial charge in [0, 0.05) is 26.2 Å². The Kier molecular flexibility index (Phi) is 6.10. The van der Waals surface area contributed by atoms with Gasteiger partial charge >= 0.3 is 0 Å². The first kappa shape index (κ1) is 17.7. The number of amides is 1. The highest BCUT2D eigenvalue weighted by atomic mass is 32.2. The van der Waals surface area contributed by atoms with Crippen LogP contribution in [-0.2, 0) is 16.0 Å². The van der Waals surface area contributed by atoms with Crippen LogP contribution in [0, 0.1) is 5.82 Å². The van der Waals surface area contributed by atoms with Gasteiger partial charge in [-0.05, 0) is 48.3 Å². The third kappa shape index (κ3) is 4.47. The van der Waals surface area contributed by atoms with Gasteiger partial charge in [-0.25, -0.2) is 4.39 Å². The van der Waals surface area contributed by atoms with E-state index in [4.69, 9.17) is 0 Å². The number of carbonyl (C=O) groups excluding carboxylic acids is 1. The highest BCUT2D eigenvalue weighted by molar-refractivity contribution is 7.93. The van der Waals surface area contributed by atoms with Crippen LogP contribution in [0.15, 0.2) is 24.3 Å². The fourth-order valence-corrected chi connectivity index (χ4v) is 4.89. The lowest BCUT2D eigenvalue weighted by atomic mass is 9.93. The summed E-state index contributed by atoms with van der Waals surface area (Å²) in [5.74, 6) is -0.414. The van der Waals surface area contributed by atoms with Crippen molar-refractivity contribution in [2.45, 2.75) is 24.1 Å². The molecular weight excluding hydrogens is 329 g/mol. The van der Waals surface area contributed by atoms with Crippen LogP contribution in [0.3, 0.4) is 0 Å². The van der Waals surface area contributed by atoms with Gasteiger partial charge in [0.05, 0.1) is 5.92 Å². The molecule has 1 aromatic carbocycles. The molecule has 2 aliphatic heterocycles. The molecule has 2 saturated heterocycles. The minimum Gasteiger partial charge on any atom is -0.614 e. The Labute approximate surface area is 145 Å². The molecule has 2 heterocycles. The van der Waals surface area contributed by atoms with Gasteiger partial charge < -0.3 is 20.1 Å². The number of halogens is 1. The normalized spacial score (nSPS) is 26.3. The molecule has 0 spiro atoms. The highest BCUT2D eigenvalue weighted by Gasteiger charge is 2.41. The van der Waals surface area contributed by atoms with E-state index >= 15 is 0 Å². The van der Waals surface area contributed by atoms with Crippen molar-refractivity contribution in [2.75, 3.05) is 38.5 Å². The molecule has 24 heavy (non-hydrogen) atoms. The van der Waals surface area contributed by atoms with Crippen molar-refractivity contribution in [3.63, 3.8) is 0 Å². The van der Waals surface area contributed by atoms with Crippen LogP contribution in [0.5, 0.6) is 0 Å². The largest absolute Gasteiger partial charge is 0.614 e. The molecule has 132 valence electrons. The Hall–Kier alpha value is -1.15. The summed E-state index contributed by atoms with van der Waals surface area (Å²) in [5, 5.41) is 5.81. The van der Waals surface area contributed by atoms with E-state index in [1.165, 1.54) is 12.1 Å². The second-order valence-corrected chi connectivity index (χ2v) is 7.96. The summed E-state index contributed by atoms with van der Waals surface area (Å²) in [6.07, 6.45) is 1.79. The van der Waals surface area contributed by atoms with Crippen molar-refractivity contribution in [1.29, 1.82) is 0 Å². The number of rotatable bonds is 6. The van der Waals surface area contributed by atoms with E-state index in [1.807, 2.05) is 0 Å². The molecular formula is C17H24FN3O2S. The van der Waals surface area contributed by atoms with E-state index in [1.54, 1.807) is 12.1 Å². The van der Waals surface area contributed by atoms with Gasteiger partial charge in [0.15, 0.2) is 11.1 Å². The number of benzene rings is 1. The highest BCUT2D eigenvalue weighted by Crippen LogP contribution is 2.31. The first-order valence-corrected chi connectivity index (χ1v) is 9.87. The number of nitrogens with one attached hydrogen (secondary N) is 2. The SMILES string of the molecule is O=C1C[S+]([O-])C(C(CCCN2CCNCC2)c2ccc(F)cc2)N1. The van der Waals surface area contributed by atoms with Crippen molar-refractivity contribution in [3.05, 3.63) is 35.6 Å². The van der Waals surface area contributed by atoms with Crippen molar-refractivity contribution in [2.24, 2.45) is 0 Å². The molecule has 0 aromatic heterocycles. The lowest BCUT2D eigenvalue weighted by Gasteiger charge is -2.29. The molecule has 1 amide bonds. The van der Waals surface area contributed by atoms with Crippen LogP contribution in [0.2, 0.25) is 0 Å². The zero-order valence-corrected chi connectivity index (χ0v) is 14.5. The van der Waals surface area contributed by atoms with Crippen LogP contribution in [0.4, 0.5) is 4.39 Å². The van der Waals surface area contributed by atoms with E-state index in [-0.39, 0.29) is 28.8 Å². The molecule has 3 rings (SSSR count). The van der Waals surface area contributed by atoms with Gasteiger partial charge in [-0.1, -0.05) is 12.1 Å². The second-order valence-electron chi connectivity index (χ2n) is 6.41. The smallest absolute Gasteiger partial charge is 0.273 e. The Morgan fingerprint density at radius 3 is 2.62 bits per heavy atom. The Morgan fingerprint density at radius 1 is 1.29 bits per heavy atom. The van der Waals surface area contributed by atoms with Gasteiger partial charge in [-0.2, -0.15) is 0 Å². The zero-order chi connectivity index (χ0) is 16.9. The zero-order valence-electron chi connectivity index (χ0n) is 13.7. The van der Waals surface area contributed by atoms with Crippen LogP contribution in [-0.4, -0.2) is 59.2 Å². The molecule has 0 aliphatic carbocycles. The summed E-state index contributed by atoms with van der Waals surface area (Å²) in [4.78, 5) is 14.0. The van der Waals surface area contributed by atoms with E-state index < -0.39 is 11.2 Å². The Balaban J connectivity index is 1.65. The first-order valence-electron chi connectivity index (χ1n) is 8.48. The molecule has 2 N–H and O–H groups in total. The van der Waals surface area contributed by atoms with E-state index in [0.717, 1.165) is 51.1 Å². The predicted molar refractivity (Wildman–Crippen MR) is 92.6 cm³/mol. The third-order valence-electron chi connectivity index (χ3n) is 4.72. The first-order chi connectivity index (χ1) is 11.6. The van der Waals surface area contributed by atoms with E-state index in [9.17, 15) is 13.7 Å². The van der Waals surface area contributed by atoms with Gasteiger partial charge in [-0.3, -0.25) is 4.79 Å². The summed E-state index contributed by atoms with van der Waals surface area (Å²) in [6.45, 7) is 5.13. The van der Waals surface area contributed by atoms with E-state index in [2.05, 4.69) is 15.5 Å². The van der Waals surface area contributed by atoms with Crippen LogP contribution in [0.25, 0.3) is 0 Å². The molecule has 0 saturated carbocycles. The molecule has 3 atom stereocenters. The lowest BCUT2D eigenvalue weighted by Crippen LogP contribution is -2.44. The van der Waals surface area contributed by atoms with Crippen molar-refractivity contribution < 1.29 is 13.7 Å². The summed E-state index contributed by atoms with van der Waals surface area (Å²) in [7, 11) is 0. The van der Waals surface area contributed by atoms with Gasteiger partial charge in [0.1, 0.15) is 5.82 Å². The molecule has 7 heteroatoms. The molecule has 3 unspecified atom stereocenters. The monoisotopic (exact) mass is 353 g/mol. The molecule has 2 fully saturated rings. The fraction of sp³-hybridized carbons (Fsp3) is 0.588. The quantitative estimate of drug-likeness (QED) is 0.743. The number of hydrogen-bond acceptors (Lipinski definition) is 4. The number of hydrogen-bond donors (Lipinski definition) is 2. The van der Waals surface area contributed by atoms with Gasteiger partial charge in [0.2, 0.25) is 0 Å². The van der Waals surface area contributed by atoms with Gasteiger partial charge in [-0.15, -0.1) is 0 Å². The average Bonchev–Trinajstić information content (AvgIpc) is 2.92. The molecule has 2 aliphatic rings. The standard InChI is InChI=1S/C17H24FN3O2S/c18-14-5-3-13(4-6-14)15(17-20-16(22)12-24(17)23)2-1-9-21-10-7-19-8-11-21/h3-6,15,17,19H,1-2,7-12H2,(H,20,22). The number of nitrogens with zero attached hydrogens (tertiary/aromatic N) is 1. The van der Waals surface area contributed by atoms with Crippen molar-refractivity contribution >= 4 is 17.1 Å². The Morgan fingerprint density at radius 2 is 2.00 bits per heavy atom. The van der Waals surface area contributed by atoms with Crippen LogP contribution in [0.1, 0.15) is 24.3 Å². The van der Waals surface area contributed by atoms with Crippen molar-refractivity contribution in [1.82, 2.24) is 15.5 Å². The lowest BCUT2D eigenvalue weighted by molar-refractivity contribution is -0.118. The minimum atomic E-state index is -1.21. The molecule has 5 nitrogen and oxygen atoms in total. The average molecular weight is 353 g/mol. The summed E-state index contributed by atoms with van der Waals surface area (Å²) < 4.78 is 25.5. The minimum absolute atomic E-state index is 0.0409. The number of piperazine rings is 1. The van der Waals surface area contributed by atoms with Crippen LogP contribution < -0.4 is 10.6 Å². The third-order valence-corrected chi connectivity index (χ3v) is 6.28. The maximum absolute atomic E-state index is 13.2. The summed E-state index contributed by atoms with van der Waals surface area (Å²) in [5.41, 5.74) is 0.942. The topological polar surface area (TPSA) is 67.4 Å². The Bertz CT molecular complexity index is 551. The number of carbonyl (C=O) groups is 1.